The van der Waals surface area contributed by atoms with E-state index in [1.165, 1.54) is 11.3 Å². The highest BCUT2D eigenvalue weighted by atomic mass is 32.1. The third-order valence-corrected chi connectivity index (χ3v) is 6.66. The average molecular weight is 534 g/mol. The van der Waals surface area contributed by atoms with Crippen molar-refractivity contribution in [3.05, 3.63) is 59.4 Å². The minimum atomic E-state index is -0.198. The number of methoxy groups -OCH3 is 2. The second kappa shape index (κ2) is 11.3. The molecular formula is C26H27N7O4S. The van der Waals surface area contributed by atoms with Crippen molar-refractivity contribution in [1.82, 2.24) is 29.9 Å². The number of thiazole rings is 1. The summed E-state index contributed by atoms with van der Waals surface area (Å²) in [5.74, 6) is 2.52. The molecule has 12 heteroatoms. The maximum absolute atomic E-state index is 12.5. The molecule has 0 aliphatic carbocycles. The van der Waals surface area contributed by atoms with E-state index in [4.69, 9.17) is 18.9 Å². The van der Waals surface area contributed by atoms with Gasteiger partial charge in [0.25, 0.3) is 5.91 Å². The molecule has 0 radical (unpaired) electrons. The third kappa shape index (κ3) is 5.16. The van der Waals surface area contributed by atoms with Crippen LogP contribution in [0.2, 0.25) is 0 Å². The van der Waals surface area contributed by atoms with Crippen LogP contribution in [0.25, 0.3) is 27.8 Å². The number of carbonyl (C=O) groups excluding carboxylic acids is 1. The maximum atomic E-state index is 12.5. The van der Waals surface area contributed by atoms with Gasteiger partial charge >= 0.3 is 0 Å². The van der Waals surface area contributed by atoms with E-state index >= 15 is 0 Å². The van der Waals surface area contributed by atoms with Gasteiger partial charge in [0, 0.05) is 24.7 Å². The van der Waals surface area contributed by atoms with Crippen molar-refractivity contribution in [3.63, 3.8) is 0 Å². The monoisotopic (exact) mass is 533 g/mol. The van der Waals surface area contributed by atoms with Gasteiger partial charge in [-0.3, -0.25) is 4.79 Å². The Morgan fingerprint density at radius 3 is 2.79 bits per heavy atom. The molecule has 4 heterocycles. The summed E-state index contributed by atoms with van der Waals surface area (Å²) in [7, 11) is 3.20. The summed E-state index contributed by atoms with van der Waals surface area (Å²) in [5, 5.41) is 13.2. The molecule has 1 amide bonds. The first-order chi connectivity index (χ1) is 18.6. The van der Waals surface area contributed by atoms with E-state index in [1.54, 1.807) is 48.7 Å². The number of amides is 1. The van der Waals surface area contributed by atoms with Crippen molar-refractivity contribution >= 4 is 28.8 Å². The molecule has 0 saturated heterocycles. The van der Waals surface area contributed by atoms with Gasteiger partial charge in [-0.1, -0.05) is 19.4 Å². The Bertz CT molecular complexity index is 1540. The Kier molecular flexibility index (Phi) is 7.50. The van der Waals surface area contributed by atoms with Crippen LogP contribution < -0.4 is 20.1 Å². The topological polar surface area (TPSA) is 129 Å². The van der Waals surface area contributed by atoms with Gasteiger partial charge in [-0.05, 0) is 36.2 Å². The minimum absolute atomic E-state index is 0.198. The summed E-state index contributed by atoms with van der Waals surface area (Å²) < 4.78 is 17.9. The highest BCUT2D eigenvalue weighted by Crippen LogP contribution is 2.31. The number of hydrogen-bond acceptors (Lipinski definition) is 10. The number of unbranched alkanes of at least 4 members (excludes halogenated alkanes) is 1. The van der Waals surface area contributed by atoms with E-state index in [-0.39, 0.29) is 5.91 Å². The Morgan fingerprint density at radius 1 is 1.16 bits per heavy atom. The van der Waals surface area contributed by atoms with E-state index in [0.29, 0.717) is 64.0 Å². The third-order valence-electron chi connectivity index (χ3n) is 5.79. The van der Waals surface area contributed by atoms with Gasteiger partial charge < -0.3 is 24.5 Å². The number of anilines is 1. The van der Waals surface area contributed by atoms with Crippen molar-refractivity contribution in [1.29, 1.82) is 0 Å². The van der Waals surface area contributed by atoms with E-state index < -0.39 is 0 Å². The number of benzene rings is 1. The van der Waals surface area contributed by atoms with Crippen LogP contribution in [0, 0.1) is 0 Å². The molecule has 0 bridgehead atoms. The highest BCUT2D eigenvalue weighted by Gasteiger charge is 2.20. The number of aromatic nitrogens is 5. The highest BCUT2D eigenvalue weighted by molar-refractivity contribution is 7.13. The van der Waals surface area contributed by atoms with Crippen LogP contribution in [-0.2, 0) is 6.54 Å². The average Bonchev–Trinajstić information content (AvgIpc) is 3.72. The lowest BCUT2D eigenvalue weighted by Gasteiger charge is -2.11. The SMILES string of the molecule is CCCCNC(=O)c1csc(-c2cnc(NCc3ccc(OC)c(OC)c3)n3nc(-c4ccco4)nc23)n1. The molecule has 0 unspecified atom stereocenters. The number of rotatable bonds is 11. The predicted molar refractivity (Wildman–Crippen MR) is 144 cm³/mol. The zero-order chi connectivity index (χ0) is 26.5. The lowest BCUT2D eigenvalue weighted by Crippen LogP contribution is -2.24. The summed E-state index contributed by atoms with van der Waals surface area (Å²) in [4.78, 5) is 26.4. The smallest absolute Gasteiger partial charge is 0.270 e. The van der Waals surface area contributed by atoms with Gasteiger partial charge in [-0.15, -0.1) is 16.4 Å². The molecule has 1 aromatic carbocycles. The summed E-state index contributed by atoms with van der Waals surface area (Å²) in [6.45, 7) is 3.15. The molecule has 5 rings (SSSR count). The first kappa shape index (κ1) is 25.2. The fraction of sp³-hybridized carbons (Fsp3) is 0.269. The number of carbonyl (C=O) groups is 1. The second-order valence-corrected chi connectivity index (χ2v) is 9.19. The van der Waals surface area contributed by atoms with Crippen molar-refractivity contribution in [3.8, 4) is 33.7 Å². The van der Waals surface area contributed by atoms with Crippen LogP contribution in [0.5, 0.6) is 11.5 Å². The van der Waals surface area contributed by atoms with Crippen molar-refractivity contribution < 1.29 is 18.7 Å². The molecular weight excluding hydrogens is 506 g/mol. The van der Waals surface area contributed by atoms with Crippen LogP contribution in [0.3, 0.4) is 0 Å². The van der Waals surface area contributed by atoms with E-state index in [9.17, 15) is 4.79 Å². The molecule has 0 atom stereocenters. The van der Waals surface area contributed by atoms with Crippen LogP contribution in [0.4, 0.5) is 5.95 Å². The number of nitrogens with one attached hydrogen (secondary N) is 2. The maximum Gasteiger partial charge on any atom is 0.270 e. The summed E-state index contributed by atoms with van der Waals surface area (Å²) in [6.07, 6.45) is 5.18. The van der Waals surface area contributed by atoms with E-state index in [0.717, 1.165) is 18.4 Å². The standard InChI is InChI=1S/C26H27N7O4S/c1-4-5-10-27-24(34)18-15-38-25(30-18)17-14-29-26(28-13-16-8-9-19(35-2)21(12-16)36-3)33-23(17)31-22(32-33)20-7-6-11-37-20/h6-9,11-12,14-15H,4-5,10,13H2,1-3H3,(H,27,34)(H,28,29). The van der Waals surface area contributed by atoms with E-state index in [1.807, 2.05) is 18.2 Å². The molecule has 0 spiro atoms. The molecule has 38 heavy (non-hydrogen) atoms. The minimum Gasteiger partial charge on any atom is -0.493 e. The molecule has 0 saturated carbocycles. The van der Waals surface area contributed by atoms with Crippen LogP contribution in [0.15, 0.2) is 52.6 Å². The van der Waals surface area contributed by atoms with Gasteiger partial charge in [0.2, 0.25) is 11.8 Å². The Hall–Kier alpha value is -4.45. The fourth-order valence-electron chi connectivity index (χ4n) is 3.80. The predicted octanol–water partition coefficient (Wildman–Crippen LogP) is 4.67. The number of fused-ring (bicyclic) bond motifs is 1. The normalized spacial score (nSPS) is 11.0. The molecule has 0 aliphatic heterocycles. The lowest BCUT2D eigenvalue weighted by molar-refractivity contribution is 0.0949. The first-order valence-corrected chi connectivity index (χ1v) is 13.0. The summed E-state index contributed by atoms with van der Waals surface area (Å²) in [6, 6.07) is 9.26. The molecule has 4 aromatic heterocycles. The van der Waals surface area contributed by atoms with Crippen LogP contribution in [0.1, 0.15) is 35.8 Å². The Labute approximate surface area is 222 Å². The molecule has 0 aliphatic rings. The van der Waals surface area contributed by atoms with Crippen molar-refractivity contribution in [2.75, 3.05) is 26.1 Å². The van der Waals surface area contributed by atoms with Gasteiger partial charge in [0.15, 0.2) is 22.9 Å². The lowest BCUT2D eigenvalue weighted by atomic mass is 10.2. The zero-order valence-electron chi connectivity index (χ0n) is 21.2. The van der Waals surface area contributed by atoms with Crippen LogP contribution >= 0.6 is 11.3 Å². The van der Waals surface area contributed by atoms with Gasteiger partial charge in [0.05, 0.1) is 26.0 Å². The molecule has 196 valence electrons. The number of furan rings is 1. The van der Waals surface area contributed by atoms with Gasteiger partial charge in [-0.2, -0.15) is 4.52 Å². The van der Waals surface area contributed by atoms with Crippen LogP contribution in [-0.4, -0.2) is 51.2 Å². The molecule has 5 aromatic rings. The second-order valence-electron chi connectivity index (χ2n) is 8.33. The van der Waals surface area contributed by atoms with Gasteiger partial charge in [0.1, 0.15) is 10.7 Å². The number of hydrogen-bond donors (Lipinski definition) is 2. The number of nitrogens with zero attached hydrogens (tertiary/aromatic N) is 5. The fourth-order valence-corrected chi connectivity index (χ4v) is 4.60. The van der Waals surface area contributed by atoms with Crippen molar-refractivity contribution in [2.24, 2.45) is 0 Å². The molecule has 2 N–H and O–H groups in total. The summed E-state index contributed by atoms with van der Waals surface area (Å²) >= 11 is 1.35. The Balaban J connectivity index is 1.47. The largest absolute Gasteiger partial charge is 0.493 e. The Morgan fingerprint density at radius 2 is 2.03 bits per heavy atom. The number of ether oxygens (including phenoxy) is 2. The zero-order valence-corrected chi connectivity index (χ0v) is 22.0. The van der Waals surface area contributed by atoms with Crippen molar-refractivity contribution in [2.45, 2.75) is 26.3 Å². The molecule has 0 fully saturated rings. The quantitative estimate of drug-likeness (QED) is 0.233. The van der Waals surface area contributed by atoms with E-state index in [2.05, 4.69) is 32.6 Å². The molecule has 11 nitrogen and oxygen atoms in total. The summed E-state index contributed by atoms with van der Waals surface area (Å²) in [5.41, 5.74) is 2.52. The first-order valence-electron chi connectivity index (χ1n) is 12.1. The van der Waals surface area contributed by atoms with Gasteiger partial charge in [-0.25, -0.2) is 15.0 Å².